The Kier molecular flexibility index (Phi) is 3.89. The summed E-state index contributed by atoms with van der Waals surface area (Å²) >= 11 is 0. The number of amides is 2. The minimum Gasteiger partial charge on any atom is -0.486 e. The molecule has 2 aromatic carbocycles. The van der Waals surface area contributed by atoms with E-state index < -0.39 is 0 Å². The molecule has 0 bridgehead atoms. The van der Waals surface area contributed by atoms with Crippen molar-refractivity contribution >= 4 is 23.2 Å². The van der Waals surface area contributed by atoms with Gasteiger partial charge in [0.2, 0.25) is 0 Å². The van der Waals surface area contributed by atoms with Crippen molar-refractivity contribution in [3.8, 4) is 11.5 Å². The number of carbonyl (C=O) groups excluding carboxylic acids is 2. The Labute approximate surface area is 162 Å². The molecule has 1 saturated heterocycles. The highest BCUT2D eigenvalue weighted by Gasteiger charge is 2.38. The van der Waals surface area contributed by atoms with Crippen molar-refractivity contribution in [2.45, 2.75) is 19.0 Å². The molecule has 3 heterocycles. The van der Waals surface area contributed by atoms with Crippen molar-refractivity contribution < 1.29 is 19.1 Å². The summed E-state index contributed by atoms with van der Waals surface area (Å²) in [5, 5.41) is 2.90. The second-order valence-corrected chi connectivity index (χ2v) is 7.28. The molecule has 1 N–H and O–H groups in total. The maximum absolute atomic E-state index is 12.8. The van der Waals surface area contributed by atoms with Crippen LogP contribution in [0.4, 0.5) is 11.4 Å². The average molecular weight is 379 g/mol. The van der Waals surface area contributed by atoms with E-state index in [9.17, 15) is 9.59 Å². The van der Waals surface area contributed by atoms with Gasteiger partial charge < -0.3 is 24.6 Å². The fraction of sp³-hybridized carbons (Fsp3) is 0.333. The summed E-state index contributed by atoms with van der Waals surface area (Å²) in [7, 11) is 1.98. The second kappa shape index (κ2) is 6.44. The summed E-state index contributed by atoms with van der Waals surface area (Å²) in [5.74, 6) is 1.13. The Balaban J connectivity index is 1.41. The van der Waals surface area contributed by atoms with Gasteiger partial charge >= 0.3 is 0 Å². The van der Waals surface area contributed by atoms with Gasteiger partial charge in [0, 0.05) is 30.9 Å². The monoisotopic (exact) mass is 379 g/mol. The van der Waals surface area contributed by atoms with Crippen LogP contribution >= 0.6 is 0 Å². The Bertz CT molecular complexity index is 974. The summed E-state index contributed by atoms with van der Waals surface area (Å²) in [6.07, 6.45) is 2.04. The van der Waals surface area contributed by atoms with Gasteiger partial charge in [-0.05, 0) is 43.2 Å². The van der Waals surface area contributed by atoms with Crippen molar-refractivity contribution in [1.82, 2.24) is 4.90 Å². The zero-order valence-electron chi connectivity index (χ0n) is 15.6. The molecular weight excluding hydrogens is 358 g/mol. The van der Waals surface area contributed by atoms with Gasteiger partial charge in [-0.3, -0.25) is 9.59 Å². The Hall–Kier alpha value is -3.22. The second-order valence-electron chi connectivity index (χ2n) is 7.28. The number of nitrogens with one attached hydrogen (secondary N) is 1. The number of rotatable bonds is 2. The lowest BCUT2D eigenvalue weighted by Gasteiger charge is -2.40. The van der Waals surface area contributed by atoms with Crippen LogP contribution in [-0.4, -0.2) is 49.7 Å². The first kappa shape index (κ1) is 16.9. The fourth-order valence-electron chi connectivity index (χ4n) is 4.17. The predicted octanol–water partition coefficient (Wildman–Crippen LogP) is 2.72. The largest absolute Gasteiger partial charge is 0.486 e. The Morgan fingerprint density at radius 2 is 1.93 bits per heavy atom. The molecule has 0 aromatic heterocycles. The van der Waals surface area contributed by atoms with Crippen LogP contribution < -0.4 is 19.7 Å². The maximum atomic E-state index is 12.8. The molecule has 3 aliphatic heterocycles. The van der Waals surface area contributed by atoms with E-state index in [-0.39, 0.29) is 18.0 Å². The van der Waals surface area contributed by atoms with Gasteiger partial charge in [0.05, 0.1) is 11.3 Å². The molecule has 0 saturated carbocycles. The van der Waals surface area contributed by atoms with Crippen molar-refractivity contribution in [3.63, 3.8) is 0 Å². The van der Waals surface area contributed by atoms with Crippen molar-refractivity contribution in [3.05, 3.63) is 47.5 Å². The van der Waals surface area contributed by atoms with E-state index in [4.69, 9.17) is 9.47 Å². The van der Waals surface area contributed by atoms with Gasteiger partial charge in [0.25, 0.3) is 11.8 Å². The first-order valence-electron chi connectivity index (χ1n) is 9.51. The van der Waals surface area contributed by atoms with E-state index in [0.29, 0.717) is 41.5 Å². The number of nitrogens with zero attached hydrogens (tertiary/aromatic N) is 2. The minimum atomic E-state index is -0.228. The molecule has 144 valence electrons. The first-order valence-corrected chi connectivity index (χ1v) is 9.51. The molecule has 7 heteroatoms. The first-order chi connectivity index (χ1) is 13.6. The minimum absolute atomic E-state index is 0.0504. The zero-order chi connectivity index (χ0) is 19.3. The topological polar surface area (TPSA) is 71.1 Å². The normalized spacial score (nSPS) is 19.9. The molecule has 2 amide bonds. The van der Waals surface area contributed by atoms with Gasteiger partial charge in [0.1, 0.15) is 19.4 Å². The quantitative estimate of drug-likeness (QED) is 0.869. The Morgan fingerprint density at radius 3 is 2.79 bits per heavy atom. The van der Waals surface area contributed by atoms with E-state index in [1.54, 1.807) is 36.4 Å². The zero-order valence-corrected chi connectivity index (χ0v) is 15.6. The van der Waals surface area contributed by atoms with Gasteiger partial charge in [-0.1, -0.05) is 0 Å². The molecule has 5 rings (SSSR count). The van der Waals surface area contributed by atoms with Crippen LogP contribution in [0.2, 0.25) is 0 Å². The van der Waals surface area contributed by atoms with Crippen molar-refractivity contribution in [2.75, 3.05) is 37.0 Å². The Morgan fingerprint density at radius 1 is 1.11 bits per heavy atom. The van der Waals surface area contributed by atoms with Crippen LogP contribution in [0.15, 0.2) is 36.4 Å². The van der Waals surface area contributed by atoms with E-state index in [1.807, 2.05) is 11.9 Å². The van der Waals surface area contributed by atoms with Gasteiger partial charge in [-0.2, -0.15) is 0 Å². The van der Waals surface area contributed by atoms with E-state index >= 15 is 0 Å². The standard InChI is InChI=1S/C21H21N3O4/c1-23-16-11-13(4-6-15(16)21(26)24-8-2-3-19(23)24)20(25)22-14-5-7-17-18(12-14)28-10-9-27-17/h4-7,11-12,19H,2-3,8-10H2,1H3,(H,22,25)/t19-/m0/s1. The third-order valence-electron chi connectivity index (χ3n) is 5.60. The number of ether oxygens (including phenoxy) is 2. The molecule has 0 spiro atoms. The lowest BCUT2D eigenvalue weighted by atomic mass is 10.0. The lowest BCUT2D eigenvalue weighted by Crippen LogP contribution is -2.50. The van der Waals surface area contributed by atoms with Crippen LogP contribution in [-0.2, 0) is 0 Å². The van der Waals surface area contributed by atoms with E-state index in [2.05, 4.69) is 10.2 Å². The number of anilines is 2. The van der Waals surface area contributed by atoms with Crippen molar-refractivity contribution in [2.24, 2.45) is 0 Å². The molecular formula is C21H21N3O4. The summed E-state index contributed by atoms with van der Waals surface area (Å²) in [5.41, 5.74) is 2.61. The number of benzene rings is 2. The SMILES string of the molecule is CN1c2cc(C(=O)Nc3ccc4c(c3)OCCO4)ccc2C(=O)N2CCC[C@H]21. The summed E-state index contributed by atoms with van der Waals surface area (Å²) in [6, 6.07) is 10.6. The molecule has 0 radical (unpaired) electrons. The molecule has 7 nitrogen and oxygen atoms in total. The van der Waals surface area contributed by atoms with Crippen LogP contribution in [0.1, 0.15) is 33.6 Å². The molecule has 3 aliphatic rings. The molecule has 1 atom stereocenters. The summed E-state index contributed by atoms with van der Waals surface area (Å²) in [4.78, 5) is 29.5. The van der Waals surface area contributed by atoms with Crippen LogP contribution in [0.25, 0.3) is 0 Å². The summed E-state index contributed by atoms with van der Waals surface area (Å²) in [6.45, 7) is 1.81. The molecule has 1 fully saturated rings. The lowest BCUT2D eigenvalue weighted by molar-refractivity contribution is 0.0719. The van der Waals surface area contributed by atoms with Crippen LogP contribution in [0.3, 0.4) is 0 Å². The van der Waals surface area contributed by atoms with Crippen molar-refractivity contribution in [1.29, 1.82) is 0 Å². The van der Waals surface area contributed by atoms with E-state index in [1.165, 1.54) is 0 Å². The predicted molar refractivity (Wildman–Crippen MR) is 104 cm³/mol. The highest BCUT2D eigenvalue weighted by atomic mass is 16.6. The number of fused-ring (bicyclic) bond motifs is 3. The smallest absolute Gasteiger partial charge is 0.257 e. The molecule has 0 unspecified atom stereocenters. The molecule has 0 aliphatic carbocycles. The maximum Gasteiger partial charge on any atom is 0.257 e. The number of hydrogen-bond donors (Lipinski definition) is 1. The third kappa shape index (κ3) is 2.66. The summed E-state index contributed by atoms with van der Waals surface area (Å²) < 4.78 is 11.1. The van der Waals surface area contributed by atoms with Crippen LogP contribution in [0.5, 0.6) is 11.5 Å². The average Bonchev–Trinajstić information content (AvgIpc) is 3.22. The number of hydrogen-bond acceptors (Lipinski definition) is 5. The van der Waals surface area contributed by atoms with Gasteiger partial charge in [-0.15, -0.1) is 0 Å². The fourth-order valence-corrected chi connectivity index (χ4v) is 4.17. The van der Waals surface area contributed by atoms with Gasteiger partial charge in [-0.25, -0.2) is 0 Å². The van der Waals surface area contributed by atoms with Crippen LogP contribution in [0, 0.1) is 0 Å². The van der Waals surface area contributed by atoms with E-state index in [0.717, 1.165) is 25.1 Å². The molecule has 2 aromatic rings. The highest BCUT2D eigenvalue weighted by molar-refractivity contribution is 6.08. The van der Waals surface area contributed by atoms with Gasteiger partial charge in [0.15, 0.2) is 11.5 Å². The number of carbonyl (C=O) groups is 2. The third-order valence-corrected chi connectivity index (χ3v) is 5.60. The highest BCUT2D eigenvalue weighted by Crippen LogP contribution is 2.36. The molecule has 28 heavy (non-hydrogen) atoms.